The van der Waals surface area contributed by atoms with E-state index in [4.69, 9.17) is 28.9 Å². The molecule has 0 aliphatic rings. The molecular weight excluding hydrogens is 395 g/mol. The van der Waals surface area contributed by atoms with Crippen LogP contribution in [0.1, 0.15) is 21.5 Å². The molecule has 1 amide bonds. The van der Waals surface area contributed by atoms with Crippen LogP contribution in [0.5, 0.6) is 0 Å². The normalized spacial score (nSPS) is 12.3. The lowest BCUT2D eigenvalue weighted by Gasteiger charge is -2.10. The second-order valence-corrected chi connectivity index (χ2v) is 6.99. The van der Waals surface area contributed by atoms with Gasteiger partial charge in [0.25, 0.3) is 5.91 Å². The Balaban J connectivity index is 1.87. The smallest absolute Gasteiger partial charge is 0.258 e. The summed E-state index contributed by atoms with van der Waals surface area (Å²) in [5, 5.41) is 4.56. The summed E-state index contributed by atoms with van der Waals surface area (Å²) in [6.07, 6.45) is 3.26. The number of aliphatic imine (C=N–C) groups is 1. The fourth-order valence-electron chi connectivity index (χ4n) is 2.78. The van der Waals surface area contributed by atoms with Crippen LogP contribution in [0, 0.1) is 6.92 Å². The van der Waals surface area contributed by atoms with Gasteiger partial charge in [0.05, 0.1) is 16.1 Å². The second-order valence-electron chi connectivity index (χ2n) is 6.15. The third-order valence-electron chi connectivity index (χ3n) is 4.21. The van der Waals surface area contributed by atoms with Crippen LogP contribution in [-0.4, -0.2) is 23.8 Å². The van der Waals surface area contributed by atoms with Gasteiger partial charge in [0.2, 0.25) is 0 Å². The van der Waals surface area contributed by atoms with Crippen molar-refractivity contribution in [1.82, 2.24) is 10.3 Å². The third kappa shape index (κ3) is 4.32. The van der Waals surface area contributed by atoms with Gasteiger partial charge in [-0.25, -0.2) is 0 Å². The van der Waals surface area contributed by atoms with E-state index in [1.54, 1.807) is 37.5 Å². The molecule has 1 aromatic heterocycles. The van der Waals surface area contributed by atoms with Crippen molar-refractivity contribution in [3.05, 3.63) is 81.5 Å². The quantitative estimate of drug-likeness (QED) is 0.486. The van der Waals surface area contributed by atoms with Gasteiger partial charge in [-0.2, -0.15) is 0 Å². The number of amidine groups is 1. The molecule has 0 radical (unpaired) electrons. The van der Waals surface area contributed by atoms with Crippen LogP contribution in [0.25, 0.3) is 16.6 Å². The zero-order valence-corrected chi connectivity index (χ0v) is 16.8. The van der Waals surface area contributed by atoms with Gasteiger partial charge in [-0.05, 0) is 42.8 Å². The molecule has 1 heterocycles. The first-order valence-electron chi connectivity index (χ1n) is 8.45. The van der Waals surface area contributed by atoms with Gasteiger partial charge < -0.3 is 11.1 Å². The van der Waals surface area contributed by atoms with Gasteiger partial charge in [0, 0.05) is 41.0 Å². The van der Waals surface area contributed by atoms with E-state index in [0.717, 1.165) is 16.5 Å². The zero-order valence-electron chi connectivity index (χ0n) is 15.3. The van der Waals surface area contributed by atoms with E-state index in [1.807, 2.05) is 31.2 Å². The Morgan fingerprint density at radius 2 is 1.96 bits per heavy atom. The number of fused-ring (bicyclic) bond motifs is 1. The molecule has 0 aliphatic carbocycles. The molecule has 3 aromatic rings. The SMILES string of the molecule is CN=C(/C=C(\N)c1ccc(Cl)cc1C)NC(=O)c1cc2ncccc2cc1Cl. The number of nitrogens with zero attached hydrogens (tertiary/aromatic N) is 2. The Morgan fingerprint density at radius 3 is 2.68 bits per heavy atom. The molecule has 0 unspecified atom stereocenters. The van der Waals surface area contributed by atoms with Crippen LogP contribution in [0.4, 0.5) is 0 Å². The lowest BCUT2D eigenvalue weighted by molar-refractivity contribution is 0.0977. The summed E-state index contributed by atoms with van der Waals surface area (Å²) in [7, 11) is 1.57. The number of carbonyl (C=O) groups is 1. The standard InChI is InChI=1S/C21H18Cl2N4O/c1-12-8-14(22)5-6-15(12)18(24)11-20(25-2)27-21(28)16-10-19-13(9-17(16)23)4-3-7-26-19/h3-11H,24H2,1-2H3,(H,25,27,28)/b18-11-. The Labute approximate surface area is 172 Å². The lowest BCUT2D eigenvalue weighted by atomic mass is 10.1. The fourth-order valence-corrected chi connectivity index (χ4v) is 3.27. The third-order valence-corrected chi connectivity index (χ3v) is 4.76. The topological polar surface area (TPSA) is 80.4 Å². The zero-order chi connectivity index (χ0) is 20.3. The minimum atomic E-state index is -0.393. The first-order valence-corrected chi connectivity index (χ1v) is 9.20. The summed E-state index contributed by atoms with van der Waals surface area (Å²) in [5.41, 5.74) is 9.37. The second kappa shape index (κ2) is 8.42. The number of carbonyl (C=O) groups excluding carboxylic acids is 1. The molecular formula is C21H18Cl2N4O. The van der Waals surface area contributed by atoms with Gasteiger partial charge in [-0.15, -0.1) is 0 Å². The number of hydrogen-bond donors (Lipinski definition) is 2. The molecule has 5 nitrogen and oxygen atoms in total. The van der Waals surface area contributed by atoms with Gasteiger partial charge in [0.1, 0.15) is 5.84 Å². The van der Waals surface area contributed by atoms with Crippen LogP contribution < -0.4 is 11.1 Å². The van der Waals surface area contributed by atoms with Gasteiger partial charge >= 0.3 is 0 Å². The maximum atomic E-state index is 12.7. The Morgan fingerprint density at radius 1 is 1.18 bits per heavy atom. The van der Waals surface area contributed by atoms with Crippen LogP contribution >= 0.6 is 23.2 Å². The molecule has 0 aliphatic heterocycles. The Kier molecular flexibility index (Phi) is 5.97. The number of benzene rings is 2. The van der Waals surface area contributed by atoms with Crippen LogP contribution in [0.15, 0.2) is 59.7 Å². The number of rotatable bonds is 3. The highest BCUT2D eigenvalue weighted by Crippen LogP contribution is 2.23. The molecule has 2 aromatic carbocycles. The Hall–Kier alpha value is -2.89. The molecule has 142 valence electrons. The molecule has 3 N–H and O–H groups in total. The average molecular weight is 413 g/mol. The summed E-state index contributed by atoms with van der Waals surface area (Å²) in [6.45, 7) is 1.91. The number of pyridine rings is 1. The number of aryl methyl sites for hydroxylation is 1. The number of aromatic nitrogens is 1. The largest absolute Gasteiger partial charge is 0.398 e. The minimum absolute atomic E-state index is 0.309. The van der Waals surface area contributed by atoms with Crippen LogP contribution in [0.3, 0.4) is 0 Å². The van der Waals surface area contributed by atoms with E-state index in [0.29, 0.717) is 32.7 Å². The van der Waals surface area contributed by atoms with E-state index in [2.05, 4.69) is 15.3 Å². The first kappa shape index (κ1) is 19.9. The van der Waals surface area contributed by atoms with Crippen molar-refractivity contribution in [2.45, 2.75) is 6.92 Å². The average Bonchev–Trinajstić information content (AvgIpc) is 2.66. The van der Waals surface area contributed by atoms with Crippen molar-refractivity contribution in [2.75, 3.05) is 7.05 Å². The predicted octanol–water partition coefficient (Wildman–Crippen LogP) is 4.61. The van der Waals surface area contributed by atoms with Crippen molar-refractivity contribution < 1.29 is 4.79 Å². The lowest BCUT2D eigenvalue weighted by Crippen LogP contribution is -2.30. The monoisotopic (exact) mass is 412 g/mol. The maximum Gasteiger partial charge on any atom is 0.258 e. The molecule has 0 saturated carbocycles. The highest BCUT2D eigenvalue weighted by molar-refractivity contribution is 6.35. The Bertz CT molecular complexity index is 1120. The van der Waals surface area contributed by atoms with Crippen molar-refractivity contribution in [1.29, 1.82) is 0 Å². The maximum absolute atomic E-state index is 12.7. The summed E-state index contributed by atoms with van der Waals surface area (Å²) >= 11 is 12.3. The first-order chi connectivity index (χ1) is 13.4. The molecule has 0 atom stereocenters. The van der Waals surface area contributed by atoms with Gasteiger partial charge in [-0.1, -0.05) is 35.3 Å². The fraction of sp³-hybridized carbons (Fsp3) is 0.0952. The molecule has 3 rings (SSSR count). The van der Waals surface area contributed by atoms with Crippen molar-refractivity contribution in [3.8, 4) is 0 Å². The molecule has 0 bridgehead atoms. The van der Waals surface area contributed by atoms with Crippen LogP contribution in [-0.2, 0) is 0 Å². The van der Waals surface area contributed by atoms with Gasteiger partial charge in [-0.3, -0.25) is 14.8 Å². The molecule has 0 fully saturated rings. The van der Waals surface area contributed by atoms with Crippen molar-refractivity contribution in [2.24, 2.45) is 10.7 Å². The van der Waals surface area contributed by atoms with Gasteiger partial charge in [0.15, 0.2) is 0 Å². The summed E-state index contributed by atoms with van der Waals surface area (Å²) in [5.74, 6) is -0.0796. The van der Waals surface area contributed by atoms with E-state index >= 15 is 0 Å². The van der Waals surface area contributed by atoms with E-state index in [9.17, 15) is 4.79 Å². The molecule has 7 heteroatoms. The van der Waals surface area contributed by atoms with E-state index in [-0.39, 0.29) is 0 Å². The summed E-state index contributed by atoms with van der Waals surface area (Å²) in [4.78, 5) is 21.1. The highest BCUT2D eigenvalue weighted by Gasteiger charge is 2.14. The predicted molar refractivity (Wildman–Crippen MR) is 116 cm³/mol. The molecule has 0 spiro atoms. The minimum Gasteiger partial charge on any atom is -0.398 e. The van der Waals surface area contributed by atoms with Crippen molar-refractivity contribution in [3.63, 3.8) is 0 Å². The number of amides is 1. The van der Waals surface area contributed by atoms with E-state index < -0.39 is 5.91 Å². The van der Waals surface area contributed by atoms with E-state index in [1.165, 1.54) is 0 Å². The number of nitrogens with one attached hydrogen (secondary N) is 1. The summed E-state index contributed by atoms with van der Waals surface area (Å²) in [6, 6.07) is 12.5. The van der Waals surface area contributed by atoms with Crippen molar-refractivity contribution >= 4 is 51.5 Å². The molecule has 0 saturated heterocycles. The highest BCUT2D eigenvalue weighted by atomic mass is 35.5. The number of nitrogens with two attached hydrogens (primary N) is 1. The number of halogens is 2. The number of hydrogen-bond acceptors (Lipinski definition) is 4. The summed E-state index contributed by atoms with van der Waals surface area (Å²) < 4.78 is 0. The molecule has 28 heavy (non-hydrogen) atoms. The van der Waals surface area contributed by atoms with Crippen LogP contribution in [0.2, 0.25) is 10.0 Å².